The zero-order valence-electron chi connectivity index (χ0n) is 11.7. The summed E-state index contributed by atoms with van der Waals surface area (Å²) in [6.07, 6.45) is 8.79. The SMILES string of the molecule is CNC1CCCC(C)N(C2CC3CCC2C3)C1=O. The normalized spacial score (nSPS) is 44.4. The highest BCUT2D eigenvalue weighted by molar-refractivity contribution is 5.82. The van der Waals surface area contributed by atoms with Crippen molar-refractivity contribution in [2.45, 2.75) is 70.0 Å². The lowest BCUT2D eigenvalue weighted by Gasteiger charge is -2.39. The van der Waals surface area contributed by atoms with Crippen LogP contribution in [0.1, 0.15) is 51.9 Å². The molecule has 5 atom stereocenters. The van der Waals surface area contributed by atoms with Gasteiger partial charge in [0, 0.05) is 12.1 Å². The molecular weight excluding hydrogens is 224 g/mol. The average Bonchev–Trinajstić information content (AvgIpc) is 2.93. The third-order valence-corrected chi connectivity index (χ3v) is 5.55. The second-order valence-corrected chi connectivity index (χ2v) is 6.61. The van der Waals surface area contributed by atoms with Gasteiger partial charge in [-0.15, -0.1) is 0 Å². The molecular formula is C15H26N2O. The zero-order valence-corrected chi connectivity index (χ0v) is 11.7. The Kier molecular flexibility index (Phi) is 3.35. The molecule has 2 saturated carbocycles. The first kappa shape index (κ1) is 12.5. The van der Waals surface area contributed by atoms with Gasteiger partial charge < -0.3 is 10.2 Å². The highest BCUT2D eigenvalue weighted by atomic mass is 16.2. The molecule has 18 heavy (non-hydrogen) atoms. The van der Waals surface area contributed by atoms with Gasteiger partial charge in [-0.3, -0.25) is 4.79 Å². The number of likely N-dealkylation sites (N-methyl/N-ethyl adjacent to an activating group) is 1. The van der Waals surface area contributed by atoms with Gasteiger partial charge >= 0.3 is 0 Å². The Balaban J connectivity index is 1.80. The molecule has 2 bridgehead atoms. The molecule has 0 radical (unpaired) electrons. The first-order chi connectivity index (χ1) is 8.70. The second-order valence-electron chi connectivity index (χ2n) is 6.61. The summed E-state index contributed by atoms with van der Waals surface area (Å²) in [5.41, 5.74) is 0. The van der Waals surface area contributed by atoms with Crippen molar-refractivity contribution in [3.63, 3.8) is 0 Å². The van der Waals surface area contributed by atoms with Crippen molar-refractivity contribution in [1.29, 1.82) is 0 Å². The summed E-state index contributed by atoms with van der Waals surface area (Å²) < 4.78 is 0. The largest absolute Gasteiger partial charge is 0.335 e. The molecule has 3 aliphatic rings. The van der Waals surface area contributed by atoms with Crippen LogP contribution in [0.25, 0.3) is 0 Å². The van der Waals surface area contributed by atoms with Crippen LogP contribution in [-0.4, -0.2) is 36.0 Å². The number of likely N-dealkylation sites (tertiary alicyclic amines) is 1. The molecule has 3 fully saturated rings. The lowest BCUT2D eigenvalue weighted by Crippen LogP contribution is -2.53. The van der Waals surface area contributed by atoms with Crippen LogP contribution in [0.2, 0.25) is 0 Å². The average molecular weight is 250 g/mol. The number of amides is 1. The van der Waals surface area contributed by atoms with Crippen molar-refractivity contribution in [2.75, 3.05) is 7.05 Å². The molecule has 1 aliphatic heterocycles. The van der Waals surface area contributed by atoms with Crippen LogP contribution in [0.4, 0.5) is 0 Å². The van der Waals surface area contributed by atoms with E-state index in [1.165, 1.54) is 38.5 Å². The number of nitrogens with zero attached hydrogens (tertiary/aromatic N) is 1. The van der Waals surface area contributed by atoms with Crippen LogP contribution in [0, 0.1) is 11.8 Å². The lowest BCUT2D eigenvalue weighted by molar-refractivity contribution is -0.138. The van der Waals surface area contributed by atoms with E-state index in [1.807, 2.05) is 7.05 Å². The molecule has 1 N–H and O–H groups in total. The van der Waals surface area contributed by atoms with Gasteiger partial charge in [-0.25, -0.2) is 0 Å². The van der Waals surface area contributed by atoms with Crippen LogP contribution in [-0.2, 0) is 4.79 Å². The third kappa shape index (κ3) is 1.97. The summed E-state index contributed by atoms with van der Waals surface area (Å²) in [5, 5.41) is 3.22. The Morgan fingerprint density at radius 3 is 2.61 bits per heavy atom. The molecule has 2 aliphatic carbocycles. The quantitative estimate of drug-likeness (QED) is 0.814. The first-order valence-electron chi connectivity index (χ1n) is 7.70. The Hall–Kier alpha value is -0.570. The molecule has 5 unspecified atom stereocenters. The van der Waals surface area contributed by atoms with Crippen molar-refractivity contribution in [1.82, 2.24) is 10.2 Å². The van der Waals surface area contributed by atoms with Gasteiger partial charge in [-0.2, -0.15) is 0 Å². The van der Waals surface area contributed by atoms with Gasteiger partial charge in [0.1, 0.15) is 0 Å². The van der Waals surface area contributed by atoms with Crippen molar-refractivity contribution in [2.24, 2.45) is 11.8 Å². The highest BCUT2D eigenvalue weighted by Gasteiger charge is 2.46. The number of rotatable bonds is 2. The molecule has 0 aromatic rings. The van der Waals surface area contributed by atoms with Crippen LogP contribution >= 0.6 is 0 Å². The van der Waals surface area contributed by atoms with Crippen molar-refractivity contribution in [3.8, 4) is 0 Å². The van der Waals surface area contributed by atoms with E-state index in [9.17, 15) is 4.79 Å². The number of nitrogens with one attached hydrogen (secondary N) is 1. The van der Waals surface area contributed by atoms with Gasteiger partial charge in [0.15, 0.2) is 0 Å². The Labute approximate surface area is 110 Å². The minimum absolute atomic E-state index is 0.0640. The van der Waals surface area contributed by atoms with Crippen LogP contribution < -0.4 is 5.32 Å². The fourth-order valence-corrected chi connectivity index (χ4v) is 4.59. The molecule has 3 nitrogen and oxygen atoms in total. The van der Waals surface area contributed by atoms with Gasteiger partial charge in [0.05, 0.1) is 6.04 Å². The maximum atomic E-state index is 12.7. The number of hydrogen-bond donors (Lipinski definition) is 1. The fraction of sp³-hybridized carbons (Fsp3) is 0.933. The fourth-order valence-electron chi connectivity index (χ4n) is 4.59. The third-order valence-electron chi connectivity index (χ3n) is 5.55. The van der Waals surface area contributed by atoms with Gasteiger partial charge in [-0.05, 0) is 64.3 Å². The second kappa shape index (κ2) is 4.84. The Bertz CT molecular complexity index is 330. The van der Waals surface area contributed by atoms with Crippen LogP contribution in [0.5, 0.6) is 0 Å². The summed E-state index contributed by atoms with van der Waals surface area (Å²) >= 11 is 0. The number of fused-ring (bicyclic) bond motifs is 2. The van der Waals surface area contributed by atoms with Gasteiger partial charge in [-0.1, -0.05) is 6.42 Å². The topological polar surface area (TPSA) is 32.3 Å². The van der Waals surface area contributed by atoms with E-state index in [4.69, 9.17) is 0 Å². The molecule has 1 saturated heterocycles. The molecule has 3 heteroatoms. The first-order valence-corrected chi connectivity index (χ1v) is 7.70. The van der Waals surface area contributed by atoms with E-state index < -0.39 is 0 Å². The predicted molar refractivity (Wildman–Crippen MR) is 72.2 cm³/mol. The standard InChI is InChI=1S/C15H26N2O/c1-10-4-3-5-13(16-2)15(18)17(10)14-9-11-6-7-12(14)8-11/h10-14,16H,3-9H2,1-2H3. The molecule has 1 heterocycles. The van der Waals surface area contributed by atoms with Crippen LogP contribution in [0.3, 0.4) is 0 Å². The Morgan fingerprint density at radius 1 is 1.17 bits per heavy atom. The monoisotopic (exact) mass is 250 g/mol. The predicted octanol–water partition coefficient (Wildman–Crippen LogP) is 2.16. The maximum Gasteiger partial charge on any atom is 0.240 e. The van der Waals surface area contributed by atoms with Gasteiger partial charge in [0.2, 0.25) is 5.91 Å². The van der Waals surface area contributed by atoms with E-state index in [-0.39, 0.29) is 6.04 Å². The van der Waals surface area contributed by atoms with E-state index in [0.29, 0.717) is 18.0 Å². The zero-order chi connectivity index (χ0) is 12.7. The molecule has 3 rings (SSSR count). The van der Waals surface area contributed by atoms with Crippen molar-refractivity contribution in [3.05, 3.63) is 0 Å². The maximum absolute atomic E-state index is 12.7. The van der Waals surface area contributed by atoms with E-state index in [2.05, 4.69) is 17.1 Å². The summed E-state index contributed by atoms with van der Waals surface area (Å²) in [7, 11) is 1.93. The summed E-state index contributed by atoms with van der Waals surface area (Å²) in [4.78, 5) is 15.0. The molecule has 1 amide bonds. The highest BCUT2D eigenvalue weighted by Crippen LogP contribution is 2.47. The molecule has 0 aromatic heterocycles. The number of carbonyl (C=O) groups excluding carboxylic acids is 1. The molecule has 0 aromatic carbocycles. The van der Waals surface area contributed by atoms with Crippen LogP contribution in [0.15, 0.2) is 0 Å². The lowest BCUT2D eigenvalue weighted by atomic mass is 9.92. The Morgan fingerprint density at radius 2 is 2.00 bits per heavy atom. The minimum Gasteiger partial charge on any atom is -0.335 e. The molecule has 102 valence electrons. The van der Waals surface area contributed by atoms with Gasteiger partial charge in [0.25, 0.3) is 0 Å². The molecule has 0 spiro atoms. The summed E-state index contributed by atoms with van der Waals surface area (Å²) in [6.45, 7) is 2.25. The van der Waals surface area contributed by atoms with E-state index in [1.54, 1.807) is 0 Å². The summed E-state index contributed by atoms with van der Waals surface area (Å²) in [5.74, 6) is 2.09. The number of hydrogen-bond acceptors (Lipinski definition) is 2. The van der Waals surface area contributed by atoms with Crippen molar-refractivity contribution >= 4 is 5.91 Å². The number of carbonyl (C=O) groups is 1. The van der Waals surface area contributed by atoms with Crippen molar-refractivity contribution < 1.29 is 4.79 Å². The minimum atomic E-state index is 0.0640. The summed E-state index contributed by atoms with van der Waals surface area (Å²) in [6, 6.07) is 1.06. The van der Waals surface area contributed by atoms with E-state index >= 15 is 0 Å². The van der Waals surface area contributed by atoms with E-state index in [0.717, 1.165) is 18.3 Å². The smallest absolute Gasteiger partial charge is 0.240 e.